The highest BCUT2D eigenvalue weighted by molar-refractivity contribution is 6.02. The summed E-state index contributed by atoms with van der Waals surface area (Å²) in [4.78, 5) is 23.0. The number of nitrogens with one attached hydrogen (secondary N) is 2. The van der Waals surface area contributed by atoms with Gasteiger partial charge in [-0.3, -0.25) is 10.1 Å². The van der Waals surface area contributed by atoms with Crippen LogP contribution in [-0.4, -0.2) is 11.9 Å². The maximum atomic E-state index is 11.6. The molecule has 0 spiro atoms. The van der Waals surface area contributed by atoms with Crippen LogP contribution >= 0.6 is 0 Å². The van der Waals surface area contributed by atoms with Crippen molar-refractivity contribution >= 4 is 17.6 Å². The second kappa shape index (κ2) is 5.03. The molecule has 2 N–H and O–H groups in total. The molecule has 0 aliphatic heterocycles. The number of urea groups is 1. The molecule has 4 nitrogen and oxygen atoms in total. The molecular formula is C15H20N2O2. The monoisotopic (exact) mass is 260 g/mol. The maximum absolute atomic E-state index is 11.6. The summed E-state index contributed by atoms with van der Waals surface area (Å²) in [6, 6.07) is 7.21. The molecule has 102 valence electrons. The Labute approximate surface area is 113 Å². The van der Waals surface area contributed by atoms with E-state index in [0.29, 0.717) is 5.69 Å². The molecule has 1 aliphatic carbocycles. The van der Waals surface area contributed by atoms with E-state index in [0.717, 1.165) is 12.8 Å². The van der Waals surface area contributed by atoms with Gasteiger partial charge in [0.1, 0.15) is 0 Å². The van der Waals surface area contributed by atoms with Gasteiger partial charge >= 0.3 is 6.03 Å². The fourth-order valence-corrected chi connectivity index (χ4v) is 1.78. The van der Waals surface area contributed by atoms with Gasteiger partial charge in [0.05, 0.1) is 0 Å². The zero-order valence-electron chi connectivity index (χ0n) is 11.6. The van der Waals surface area contributed by atoms with Crippen molar-refractivity contribution < 1.29 is 9.59 Å². The average Bonchev–Trinajstić information content (AvgIpc) is 3.11. The Morgan fingerprint density at radius 2 is 1.68 bits per heavy atom. The molecule has 0 bridgehead atoms. The van der Waals surface area contributed by atoms with Gasteiger partial charge in [-0.2, -0.15) is 0 Å². The molecule has 3 amide bonds. The number of hydrogen-bond donors (Lipinski definition) is 2. The van der Waals surface area contributed by atoms with Crippen LogP contribution < -0.4 is 10.6 Å². The molecule has 0 aromatic heterocycles. The summed E-state index contributed by atoms with van der Waals surface area (Å²) in [5, 5.41) is 5.01. The zero-order chi connectivity index (χ0) is 14.0. The molecule has 0 radical (unpaired) electrons. The minimum absolute atomic E-state index is 0.0361. The first-order valence-electron chi connectivity index (χ1n) is 6.58. The Balaban J connectivity index is 1.91. The highest BCUT2D eigenvalue weighted by atomic mass is 16.2. The van der Waals surface area contributed by atoms with Gasteiger partial charge in [0.25, 0.3) is 0 Å². The summed E-state index contributed by atoms with van der Waals surface area (Å²) in [5.41, 5.74) is 1.98. The lowest BCUT2D eigenvalue weighted by Crippen LogP contribution is -2.35. The predicted molar refractivity (Wildman–Crippen MR) is 75.0 cm³/mol. The molecule has 1 aromatic carbocycles. The number of imide groups is 1. The second-order valence-electron chi connectivity index (χ2n) is 6.04. The summed E-state index contributed by atoms with van der Waals surface area (Å²) >= 11 is 0. The minimum Gasteiger partial charge on any atom is -0.308 e. The molecule has 0 atom stereocenters. The van der Waals surface area contributed by atoms with Gasteiger partial charge in [-0.1, -0.05) is 32.9 Å². The van der Waals surface area contributed by atoms with E-state index in [1.807, 2.05) is 24.3 Å². The van der Waals surface area contributed by atoms with Crippen LogP contribution in [0.3, 0.4) is 0 Å². The summed E-state index contributed by atoms with van der Waals surface area (Å²) in [6.07, 6.45) is 1.78. The third-order valence-electron chi connectivity index (χ3n) is 3.19. The van der Waals surface area contributed by atoms with Crippen LogP contribution in [0.5, 0.6) is 0 Å². The SMILES string of the molecule is CC(C)(C)c1ccc(NC(=O)NC(=O)C2CC2)cc1. The summed E-state index contributed by atoms with van der Waals surface area (Å²) in [5.74, 6) is -0.141. The Kier molecular flexibility index (Phi) is 3.60. The van der Waals surface area contributed by atoms with Crippen molar-refractivity contribution in [3.63, 3.8) is 0 Å². The van der Waals surface area contributed by atoms with Gasteiger partial charge in [0, 0.05) is 11.6 Å². The summed E-state index contributed by atoms with van der Waals surface area (Å²) in [6.45, 7) is 6.41. The van der Waals surface area contributed by atoms with E-state index in [9.17, 15) is 9.59 Å². The number of hydrogen-bond acceptors (Lipinski definition) is 2. The number of carbonyl (C=O) groups is 2. The second-order valence-corrected chi connectivity index (χ2v) is 6.04. The van der Waals surface area contributed by atoms with Crippen LogP contribution in [-0.2, 0) is 10.2 Å². The van der Waals surface area contributed by atoms with Crippen molar-refractivity contribution in [1.29, 1.82) is 0 Å². The van der Waals surface area contributed by atoms with Crippen LogP contribution in [0.25, 0.3) is 0 Å². The van der Waals surface area contributed by atoms with Gasteiger partial charge in [0.2, 0.25) is 5.91 Å². The van der Waals surface area contributed by atoms with Gasteiger partial charge in [0.15, 0.2) is 0 Å². The molecule has 1 saturated carbocycles. The highest BCUT2D eigenvalue weighted by Crippen LogP contribution is 2.28. The van der Waals surface area contributed by atoms with Gasteiger partial charge in [-0.15, -0.1) is 0 Å². The van der Waals surface area contributed by atoms with E-state index in [4.69, 9.17) is 0 Å². The molecule has 0 unspecified atom stereocenters. The molecule has 0 heterocycles. The van der Waals surface area contributed by atoms with Gasteiger partial charge < -0.3 is 5.32 Å². The smallest absolute Gasteiger partial charge is 0.308 e. The molecule has 2 rings (SSSR count). The first-order valence-corrected chi connectivity index (χ1v) is 6.58. The number of rotatable bonds is 2. The van der Waals surface area contributed by atoms with E-state index in [-0.39, 0.29) is 17.2 Å². The van der Waals surface area contributed by atoms with Gasteiger partial charge in [-0.05, 0) is 36.0 Å². The predicted octanol–water partition coefficient (Wildman–Crippen LogP) is 3.04. The van der Waals surface area contributed by atoms with Crippen molar-refractivity contribution in [3.8, 4) is 0 Å². The van der Waals surface area contributed by atoms with Crippen molar-refractivity contribution in [2.24, 2.45) is 5.92 Å². The van der Waals surface area contributed by atoms with Crippen LogP contribution in [0.2, 0.25) is 0 Å². The lowest BCUT2D eigenvalue weighted by molar-refractivity contribution is -0.121. The van der Waals surface area contributed by atoms with Crippen molar-refractivity contribution in [3.05, 3.63) is 29.8 Å². The molecule has 1 aromatic rings. The fraction of sp³-hybridized carbons (Fsp3) is 0.467. The molecule has 19 heavy (non-hydrogen) atoms. The average molecular weight is 260 g/mol. The highest BCUT2D eigenvalue weighted by Gasteiger charge is 2.30. The number of benzene rings is 1. The van der Waals surface area contributed by atoms with E-state index in [1.165, 1.54) is 5.56 Å². The normalized spacial score (nSPS) is 14.9. The van der Waals surface area contributed by atoms with Crippen LogP contribution in [0.1, 0.15) is 39.2 Å². The van der Waals surface area contributed by atoms with Crippen LogP contribution in [0.15, 0.2) is 24.3 Å². The number of carbonyl (C=O) groups excluding carboxylic acids is 2. The minimum atomic E-state index is -0.458. The third-order valence-corrected chi connectivity index (χ3v) is 3.19. The van der Waals surface area contributed by atoms with Gasteiger partial charge in [-0.25, -0.2) is 4.79 Å². The molecule has 1 aliphatic rings. The molecule has 4 heteroatoms. The third kappa shape index (κ3) is 3.81. The lowest BCUT2D eigenvalue weighted by Gasteiger charge is -2.19. The Morgan fingerprint density at radius 1 is 1.11 bits per heavy atom. The lowest BCUT2D eigenvalue weighted by atomic mass is 9.87. The van der Waals surface area contributed by atoms with Crippen molar-refractivity contribution in [1.82, 2.24) is 5.32 Å². The number of anilines is 1. The summed E-state index contributed by atoms with van der Waals surface area (Å²) in [7, 11) is 0. The van der Waals surface area contributed by atoms with E-state index in [2.05, 4.69) is 31.4 Å². The van der Waals surface area contributed by atoms with Crippen LogP contribution in [0, 0.1) is 5.92 Å². The maximum Gasteiger partial charge on any atom is 0.325 e. The zero-order valence-corrected chi connectivity index (χ0v) is 11.6. The Morgan fingerprint density at radius 3 is 2.16 bits per heavy atom. The van der Waals surface area contributed by atoms with E-state index >= 15 is 0 Å². The quantitative estimate of drug-likeness (QED) is 0.858. The van der Waals surface area contributed by atoms with Crippen molar-refractivity contribution in [2.45, 2.75) is 39.0 Å². The Bertz CT molecular complexity index is 482. The fourth-order valence-electron chi connectivity index (χ4n) is 1.78. The number of amides is 3. The summed E-state index contributed by atoms with van der Waals surface area (Å²) < 4.78 is 0. The first kappa shape index (κ1) is 13.6. The Hall–Kier alpha value is -1.84. The van der Waals surface area contributed by atoms with Crippen molar-refractivity contribution in [2.75, 3.05) is 5.32 Å². The largest absolute Gasteiger partial charge is 0.325 e. The molecular weight excluding hydrogens is 240 g/mol. The topological polar surface area (TPSA) is 58.2 Å². The van der Waals surface area contributed by atoms with E-state index in [1.54, 1.807) is 0 Å². The van der Waals surface area contributed by atoms with E-state index < -0.39 is 6.03 Å². The first-order chi connectivity index (χ1) is 8.86. The molecule has 1 fully saturated rings. The van der Waals surface area contributed by atoms with Crippen LogP contribution in [0.4, 0.5) is 10.5 Å². The molecule has 0 saturated heterocycles. The standard InChI is InChI=1S/C15H20N2O2/c1-15(2,3)11-6-8-12(9-7-11)16-14(19)17-13(18)10-4-5-10/h6-10H,4-5H2,1-3H3,(H2,16,17,18,19).